The van der Waals surface area contributed by atoms with Crippen molar-refractivity contribution < 1.29 is 9.18 Å². The van der Waals surface area contributed by atoms with E-state index >= 15 is 0 Å². The first-order valence-corrected chi connectivity index (χ1v) is 8.19. The van der Waals surface area contributed by atoms with E-state index < -0.39 is 6.04 Å². The van der Waals surface area contributed by atoms with Crippen LogP contribution in [0, 0.1) is 5.82 Å². The quantitative estimate of drug-likeness (QED) is 0.759. The maximum atomic E-state index is 13.0. The van der Waals surface area contributed by atoms with E-state index in [9.17, 15) is 9.18 Å². The van der Waals surface area contributed by atoms with Gasteiger partial charge < -0.3 is 11.1 Å². The van der Waals surface area contributed by atoms with Crippen LogP contribution in [0.15, 0.2) is 22.7 Å². The van der Waals surface area contributed by atoms with E-state index in [-0.39, 0.29) is 24.1 Å². The molecule has 1 atom stereocenters. The molecule has 7 heteroatoms. The second kappa shape index (κ2) is 10.4. The molecule has 0 unspecified atom stereocenters. The Labute approximate surface area is 137 Å². The third kappa shape index (κ3) is 6.92. The van der Waals surface area contributed by atoms with Gasteiger partial charge in [-0.2, -0.15) is 11.8 Å². The monoisotopic (exact) mass is 384 g/mol. The highest BCUT2D eigenvalue weighted by Gasteiger charge is 2.11. The van der Waals surface area contributed by atoms with Gasteiger partial charge >= 0.3 is 0 Å². The summed E-state index contributed by atoms with van der Waals surface area (Å²) in [5.74, 6) is 0.460. The van der Waals surface area contributed by atoms with Gasteiger partial charge in [0.15, 0.2) is 0 Å². The first kappa shape index (κ1) is 19.7. The summed E-state index contributed by atoms with van der Waals surface area (Å²) in [6, 6.07) is 4.38. The van der Waals surface area contributed by atoms with E-state index in [0.717, 1.165) is 11.3 Å². The SMILES string of the molecule is CSCC[C@H](N)C(=O)NCCc1ccc(F)c(Br)c1.Cl. The number of carbonyl (C=O) groups excluding carboxylic acids is 1. The Morgan fingerprint density at radius 3 is 2.85 bits per heavy atom. The topological polar surface area (TPSA) is 55.1 Å². The van der Waals surface area contributed by atoms with Gasteiger partial charge in [0.25, 0.3) is 0 Å². The van der Waals surface area contributed by atoms with Crippen LogP contribution in [0.4, 0.5) is 4.39 Å². The number of hydrogen-bond donors (Lipinski definition) is 2. The van der Waals surface area contributed by atoms with Crippen molar-refractivity contribution in [3.8, 4) is 0 Å². The summed E-state index contributed by atoms with van der Waals surface area (Å²) >= 11 is 4.80. The molecule has 1 aromatic carbocycles. The highest BCUT2D eigenvalue weighted by atomic mass is 79.9. The molecular weight excluding hydrogens is 367 g/mol. The minimum atomic E-state index is -0.451. The summed E-state index contributed by atoms with van der Waals surface area (Å²) < 4.78 is 13.5. The largest absolute Gasteiger partial charge is 0.354 e. The molecule has 0 fully saturated rings. The zero-order valence-electron chi connectivity index (χ0n) is 11.2. The van der Waals surface area contributed by atoms with Crippen molar-refractivity contribution in [3.63, 3.8) is 0 Å². The Morgan fingerprint density at radius 1 is 1.55 bits per heavy atom. The molecule has 114 valence electrons. The molecular formula is C13H19BrClFN2OS. The highest BCUT2D eigenvalue weighted by molar-refractivity contribution is 9.10. The lowest BCUT2D eigenvalue weighted by Gasteiger charge is -2.11. The Kier molecular flexibility index (Phi) is 10.3. The number of amides is 1. The number of rotatable bonds is 7. The van der Waals surface area contributed by atoms with Crippen molar-refractivity contribution in [3.05, 3.63) is 34.1 Å². The summed E-state index contributed by atoms with van der Waals surface area (Å²) in [6.45, 7) is 0.504. The number of thioether (sulfide) groups is 1. The van der Waals surface area contributed by atoms with E-state index in [4.69, 9.17) is 5.73 Å². The van der Waals surface area contributed by atoms with Crippen molar-refractivity contribution >= 4 is 46.0 Å². The van der Waals surface area contributed by atoms with E-state index in [2.05, 4.69) is 21.2 Å². The molecule has 3 N–H and O–H groups in total. The summed E-state index contributed by atoms with van der Waals surface area (Å²) in [7, 11) is 0. The van der Waals surface area contributed by atoms with E-state index in [1.54, 1.807) is 23.9 Å². The molecule has 0 aliphatic rings. The fourth-order valence-electron chi connectivity index (χ4n) is 1.53. The average molecular weight is 386 g/mol. The highest BCUT2D eigenvalue weighted by Crippen LogP contribution is 2.16. The van der Waals surface area contributed by atoms with Gasteiger partial charge in [0, 0.05) is 6.54 Å². The lowest BCUT2D eigenvalue weighted by molar-refractivity contribution is -0.122. The van der Waals surface area contributed by atoms with Crippen molar-refractivity contribution in [1.82, 2.24) is 5.32 Å². The predicted octanol–water partition coefficient (Wildman–Crippen LogP) is 2.75. The van der Waals surface area contributed by atoms with Gasteiger partial charge in [0.1, 0.15) is 5.82 Å². The first-order chi connectivity index (χ1) is 9.04. The third-order valence-corrected chi connectivity index (χ3v) is 3.92. The molecule has 0 radical (unpaired) electrons. The van der Waals surface area contributed by atoms with Crippen molar-refractivity contribution in [1.29, 1.82) is 0 Å². The zero-order chi connectivity index (χ0) is 14.3. The molecule has 0 aromatic heterocycles. The third-order valence-electron chi connectivity index (χ3n) is 2.67. The van der Waals surface area contributed by atoms with Gasteiger partial charge in [-0.15, -0.1) is 12.4 Å². The summed E-state index contributed by atoms with van der Waals surface area (Å²) in [6.07, 6.45) is 3.31. The molecule has 1 aromatic rings. The number of hydrogen-bond acceptors (Lipinski definition) is 3. The summed E-state index contributed by atoms with van der Waals surface area (Å²) in [5.41, 5.74) is 6.71. The molecule has 0 saturated heterocycles. The van der Waals surface area contributed by atoms with Gasteiger partial charge in [-0.1, -0.05) is 6.07 Å². The summed E-state index contributed by atoms with van der Waals surface area (Å²) in [5, 5.41) is 2.79. The second-order valence-corrected chi connectivity index (χ2v) is 6.02. The molecule has 0 bridgehead atoms. The van der Waals surface area contributed by atoms with E-state index in [0.29, 0.717) is 23.9 Å². The molecule has 0 saturated carbocycles. The molecule has 0 heterocycles. The molecule has 0 aliphatic heterocycles. The number of nitrogens with one attached hydrogen (secondary N) is 1. The molecule has 0 spiro atoms. The van der Waals surface area contributed by atoms with Gasteiger partial charge in [-0.05, 0) is 58.5 Å². The van der Waals surface area contributed by atoms with Crippen LogP contribution in [0.3, 0.4) is 0 Å². The van der Waals surface area contributed by atoms with Crippen LogP contribution in [0.1, 0.15) is 12.0 Å². The Hall–Kier alpha value is -0.300. The van der Waals surface area contributed by atoms with Gasteiger partial charge in [-0.3, -0.25) is 4.79 Å². The Morgan fingerprint density at radius 2 is 2.25 bits per heavy atom. The number of carbonyl (C=O) groups is 1. The van der Waals surface area contributed by atoms with Crippen molar-refractivity contribution in [2.75, 3.05) is 18.6 Å². The van der Waals surface area contributed by atoms with Crippen molar-refractivity contribution in [2.24, 2.45) is 5.73 Å². The van der Waals surface area contributed by atoms with Crippen LogP contribution in [0.5, 0.6) is 0 Å². The van der Waals surface area contributed by atoms with Gasteiger partial charge in [0.2, 0.25) is 5.91 Å². The predicted molar refractivity (Wildman–Crippen MR) is 89.0 cm³/mol. The fraction of sp³-hybridized carbons (Fsp3) is 0.462. The minimum absolute atomic E-state index is 0. The first-order valence-electron chi connectivity index (χ1n) is 6.00. The standard InChI is InChI=1S/C13H18BrFN2OS.ClH/c1-19-7-5-12(16)13(18)17-6-4-9-2-3-11(15)10(14)8-9;/h2-3,8,12H,4-7,16H2,1H3,(H,17,18);1H/t12-;/m0./s1. The average Bonchev–Trinajstić information content (AvgIpc) is 2.39. The van der Waals surface area contributed by atoms with E-state index in [1.807, 2.05) is 6.26 Å². The molecule has 0 aliphatic carbocycles. The van der Waals surface area contributed by atoms with Crippen LogP contribution in [-0.4, -0.2) is 30.5 Å². The zero-order valence-corrected chi connectivity index (χ0v) is 14.4. The van der Waals surface area contributed by atoms with Crippen LogP contribution >= 0.6 is 40.1 Å². The maximum Gasteiger partial charge on any atom is 0.236 e. The lowest BCUT2D eigenvalue weighted by atomic mass is 10.1. The smallest absolute Gasteiger partial charge is 0.236 e. The molecule has 1 amide bonds. The van der Waals surface area contributed by atoms with Gasteiger partial charge in [-0.25, -0.2) is 4.39 Å². The Bertz CT molecular complexity index is 437. The van der Waals surface area contributed by atoms with Crippen LogP contribution in [0.25, 0.3) is 0 Å². The maximum absolute atomic E-state index is 13.0. The van der Waals surface area contributed by atoms with Crippen LogP contribution < -0.4 is 11.1 Å². The second-order valence-electron chi connectivity index (χ2n) is 4.18. The Balaban J connectivity index is 0.00000361. The van der Waals surface area contributed by atoms with E-state index in [1.165, 1.54) is 6.07 Å². The number of halogens is 3. The minimum Gasteiger partial charge on any atom is -0.354 e. The molecule has 1 rings (SSSR count). The molecule has 3 nitrogen and oxygen atoms in total. The number of benzene rings is 1. The molecule has 20 heavy (non-hydrogen) atoms. The van der Waals surface area contributed by atoms with Crippen LogP contribution in [0.2, 0.25) is 0 Å². The summed E-state index contributed by atoms with van der Waals surface area (Å²) in [4.78, 5) is 11.6. The van der Waals surface area contributed by atoms with Crippen molar-refractivity contribution in [2.45, 2.75) is 18.9 Å². The van der Waals surface area contributed by atoms with Gasteiger partial charge in [0.05, 0.1) is 10.5 Å². The lowest BCUT2D eigenvalue weighted by Crippen LogP contribution is -2.41. The fourth-order valence-corrected chi connectivity index (χ4v) is 2.45. The normalized spacial score (nSPS) is 11.6. The number of nitrogens with two attached hydrogens (primary N) is 1. The van der Waals surface area contributed by atoms with Crippen LogP contribution in [-0.2, 0) is 11.2 Å².